The third kappa shape index (κ3) is 5.91. The fraction of sp³-hybridized carbons (Fsp3) is 0.556. The molecule has 5 rings (SSSR count). The van der Waals surface area contributed by atoms with Crippen molar-refractivity contribution in [3.05, 3.63) is 35.7 Å². The van der Waals surface area contributed by atoms with Crippen LogP contribution in [0.1, 0.15) is 24.2 Å². The lowest BCUT2D eigenvalue weighted by molar-refractivity contribution is 0.0373. The molecule has 2 aromatic heterocycles. The highest BCUT2D eigenvalue weighted by Gasteiger charge is 2.16. The van der Waals surface area contributed by atoms with Crippen LogP contribution in [-0.2, 0) is 4.74 Å². The average molecular weight is 491 g/mol. The van der Waals surface area contributed by atoms with Gasteiger partial charge in [-0.3, -0.25) is 4.90 Å². The average Bonchev–Trinajstić information content (AvgIpc) is 2.90. The minimum absolute atomic E-state index is 0.641. The molecule has 192 valence electrons. The summed E-state index contributed by atoms with van der Waals surface area (Å²) in [6.45, 7) is 14.0. The van der Waals surface area contributed by atoms with Crippen LogP contribution in [0, 0.1) is 13.8 Å². The Kier molecular flexibility index (Phi) is 7.89. The molecule has 0 saturated carbocycles. The zero-order valence-corrected chi connectivity index (χ0v) is 21.8. The zero-order chi connectivity index (χ0) is 24.9. The second-order valence-corrected chi connectivity index (χ2v) is 9.89. The van der Waals surface area contributed by atoms with E-state index in [1.165, 1.54) is 5.69 Å². The van der Waals surface area contributed by atoms with Crippen LogP contribution in [0.5, 0.6) is 0 Å². The van der Waals surface area contributed by atoms with E-state index in [0.29, 0.717) is 11.5 Å². The van der Waals surface area contributed by atoms with Gasteiger partial charge < -0.3 is 19.9 Å². The van der Waals surface area contributed by atoms with Gasteiger partial charge in [-0.1, -0.05) is 0 Å². The monoisotopic (exact) mass is 490 g/mol. The number of anilines is 2. The number of hydrogen-bond acceptors (Lipinski definition) is 9. The molecule has 0 aliphatic carbocycles. The van der Waals surface area contributed by atoms with Gasteiger partial charge in [0.25, 0.3) is 0 Å². The number of morpholine rings is 1. The molecule has 0 atom stereocenters. The molecule has 2 aliphatic rings. The van der Waals surface area contributed by atoms with E-state index >= 15 is 0 Å². The SMILES string of the molecule is Cc1nc2nc(-c3ccc(N4CCN(C)CC4)cc3)nc(NCCCCN3CCOCC3)c2nc1C. The summed E-state index contributed by atoms with van der Waals surface area (Å²) in [6.07, 6.45) is 2.20. The maximum atomic E-state index is 5.45. The highest BCUT2D eigenvalue weighted by atomic mass is 16.5. The Morgan fingerprint density at radius 3 is 2.31 bits per heavy atom. The van der Waals surface area contributed by atoms with Gasteiger partial charge in [0.15, 0.2) is 22.8 Å². The van der Waals surface area contributed by atoms with Crippen molar-refractivity contribution in [1.82, 2.24) is 29.7 Å². The van der Waals surface area contributed by atoms with E-state index < -0.39 is 0 Å². The Labute approximate surface area is 213 Å². The van der Waals surface area contributed by atoms with E-state index in [2.05, 4.69) is 51.3 Å². The van der Waals surface area contributed by atoms with Crippen molar-refractivity contribution in [3.63, 3.8) is 0 Å². The van der Waals surface area contributed by atoms with Gasteiger partial charge in [-0.25, -0.2) is 19.9 Å². The molecule has 1 N–H and O–H groups in total. The van der Waals surface area contributed by atoms with Crippen molar-refractivity contribution in [2.24, 2.45) is 0 Å². The number of piperazine rings is 1. The van der Waals surface area contributed by atoms with E-state index in [9.17, 15) is 0 Å². The number of aromatic nitrogens is 4. The van der Waals surface area contributed by atoms with E-state index in [4.69, 9.17) is 24.7 Å². The number of benzene rings is 1. The van der Waals surface area contributed by atoms with Crippen LogP contribution in [0.2, 0.25) is 0 Å². The van der Waals surface area contributed by atoms with Crippen molar-refractivity contribution in [3.8, 4) is 11.4 Å². The fourth-order valence-electron chi connectivity index (χ4n) is 4.74. The third-order valence-corrected chi connectivity index (χ3v) is 7.23. The first-order chi connectivity index (χ1) is 17.6. The van der Waals surface area contributed by atoms with Gasteiger partial charge in [0.2, 0.25) is 0 Å². The normalized spacial score (nSPS) is 17.6. The molecule has 2 fully saturated rings. The highest BCUT2D eigenvalue weighted by Crippen LogP contribution is 2.26. The van der Waals surface area contributed by atoms with Gasteiger partial charge in [-0.05, 0) is 64.5 Å². The Bertz CT molecular complexity index is 1150. The molecule has 1 aromatic carbocycles. The Morgan fingerprint density at radius 1 is 0.833 bits per heavy atom. The molecule has 0 unspecified atom stereocenters. The molecule has 3 aromatic rings. The van der Waals surface area contributed by atoms with Gasteiger partial charge in [-0.15, -0.1) is 0 Å². The summed E-state index contributed by atoms with van der Waals surface area (Å²) in [4.78, 5) is 26.5. The summed E-state index contributed by atoms with van der Waals surface area (Å²) in [6, 6.07) is 8.60. The van der Waals surface area contributed by atoms with Crippen LogP contribution in [-0.4, -0.2) is 102 Å². The second kappa shape index (κ2) is 11.5. The molecule has 0 bridgehead atoms. The van der Waals surface area contributed by atoms with Gasteiger partial charge in [0.05, 0.1) is 24.6 Å². The predicted octanol–water partition coefficient (Wildman–Crippen LogP) is 2.98. The third-order valence-electron chi connectivity index (χ3n) is 7.23. The molecule has 0 spiro atoms. The lowest BCUT2D eigenvalue weighted by Crippen LogP contribution is -2.44. The lowest BCUT2D eigenvalue weighted by Gasteiger charge is -2.34. The smallest absolute Gasteiger partial charge is 0.184 e. The van der Waals surface area contributed by atoms with Gasteiger partial charge in [0, 0.05) is 57.1 Å². The summed E-state index contributed by atoms with van der Waals surface area (Å²) >= 11 is 0. The topological polar surface area (TPSA) is 82.5 Å². The number of hydrogen-bond donors (Lipinski definition) is 1. The highest BCUT2D eigenvalue weighted by molar-refractivity contribution is 5.84. The molecule has 9 nitrogen and oxygen atoms in total. The molecular weight excluding hydrogens is 452 g/mol. The molecule has 4 heterocycles. The number of fused-ring (bicyclic) bond motifs is 1. The van der Waals surface area contributed by atoms with Crippen LogP contribution in [0.15, 0.2) is 24.3 Å². The van der Waals surface area contributed by atoms with Crippen molar-refractivity contribution in [1.29, 1.82) is 0 Å². The first-order valence-corrected chi connectivity index (χ1v) is 13.2. The largest absolute Gasteiger partial charge is 0.379 e. The summed E-state index contributed by atoms with van der Waals surface area (Å²) in [7, 11) is 2.18. The minimum atomic E-state index is 0.641. The van der Waals surface area contributed by atoms with Crippen molar-refractivity contribution < 1.29 is 4.74 Å². The van der Waals surface area contributed by atoms with Crippen molar-refractivity contribution >= 4 is 22.7 Å². The van der Waals surface area contributed by atoms with Gasteiger partial charge in [-0.2, -0.15) is 0 Å². The number of nitrogens with one attached hydrogen (secondary N) is 1. The molecule has 0 radical (unpaired) electrons. The molecule has 2 aliphatic heterocycles. The molecule has 0 amide bonds. The number of ether oxygens (including phenoxy) is 1. The van der Waals surface area contributed by atoms with Gasteiger partial charge >= 0.3 is 0 Å². The molecule has 36 heavy (non-hydrogen) atoms. The predicted molar refractivity (Wildman–Crippen MR) is 145 cm³/mol. The number of aryl methyl sites for hydroxylation is 2. The summed E-state index contributed by atoms with van der Waals surface area (Å²) in [5.41, 5.74) is 5.42. The molecular formula is C27H38N8O. The standard InChI is InChI=1S/C27H38N8O/c1-20-21(2)30-27-24(29-20)26(28-10-4-5-11-34-16-18-36-19-17-34)31-25(32-27)22-6-8-23(9-7-22)35-14-12-33(3)13-15-35/h6-9H,4-5,10-19H2,1-3H3,(H,28,30,31,32). The quantitative estimate of drug-likeness (QED) is 0.479. The maximum absolute atomic E-state index is 5.45. The summed E-state index contributed by atoms with van der Waals surface area (Å²) < 4.78 is 5.45. The number of unbranched alkanes of at least 4 members (excludes halogenated alkanes) is 1. The van der Waals surface area contributed by atoms with Crippen LogP contribution < -0.4 is 10.2 Å². The summed E-state index contributed by atoms with van der Waals surface area (Å²) in [5.74, 6) is 1.45. The number of rotatable bonds is 8. The van der Waals surface area contributed by atoms with Crippen LogP contribution >= 0.6 is 0 Å². The fourth-order valence-corrected chi connectivity index (χ4v) is 4.74. The first-order valence-electron chi connectivity index (χ1n) is 13.2. The zero-order valence-electron chi connectivity index (χ0n) is 21.8. The van der Waals surface area contributed by atoms with E-state index in [1.807, 2.05) is 13.8 Å². The number of nitrogens with zero attached hydrogens (tertiary/aromatic N) is 7. The Balaban J connectivity index is 1.31. The van der Waals surface area contributed by atoms with Gasteiger partial charge in [0.1, 0.15) is 0 Å². The Morgan fingerprint density at radius 2 is 1.56 bits per heavy atom. The van der Waals surface area contributed by atoms with Crippen molar-refractivity contribution in [2.75, 3.05) is 82.8 Å². The first kappa shape index (κ1) is 24.8. The Hall–Kier alpha value is -2.88. The van der Waals surface area contributed by atoms with E-state index in [0.717, 1.165) is 107 Å². The van der Waals surface area contributed by atoms with Crippen molar-refractivity contribution in [2.45, 2.75) is 26.7 Å². The molecule has 2 saturated heterocycles. The molecule has 9 heteroatoms. The lowest BCUT2D eigenvalue weighted by atomic mass is 10.1. The maximum Gasteiger partial charge on any atom is 0.184 e. The second-order valence-electron chi connectivity index (χ2n) is 9.89. The van der Waals surface area contributed by atoms with Crippen LogP contribution in [0.3, 0.4) is 0 Å². The van der Waals surface area contributed by atoms with E-state index in [1.54, 1.807) is 0 Å². The van der Waals surface area contributed by atoms with Crippen LogP contribution in [0.25, 0.3) is 22.6 Å². The number of likely N-dealkylation sites (N-methyl/N-ethyl adjacent to an activating group) is 1. The van der Waals surface area contributed by atoms with Crippen LogP contribution in [0.4, 0.5) is 11.5 Å². The minimum Gasteiger partial charge on any atom is -0.379 e. The summed E-state index contributed by atoms with van der Waals surface area (Å²) in [5, 5.41) is 3.54. The van der Waals surface area contributed by atoms with E-state index in [-0.39, 0.29) is 0 Å².